The summed E-state index contributed by atoms with van der Waals surface area (Å²) in [6.45, 7) is 6.33. The minimum Gasteiger partial charge on any atom is -0.357 e. The van der Waals surface area contributed by atoms with Crippen LogP contribution in [0.5, 0.6) is 0 Å². The van der Waals surface area contributed by atoms with Gasteiger partial charge in [0.2, 0.25) is 17.7 Å². The molecule has 0 spiro atoms. The Morgan fingerprint density at radius 1 is 1.13 bits per heavy atom. The minimum atomic E-state index is -0.580. The summed E-state index contributed by atoms with van der Waals surface area (Å²) in [7, 11) is 1.59. The fourth-order valence-corrected chi connectivity index (χ4v) is 6.79. The average molecular weight is 536 g/mol. The lowest BCUT2D eigenvalue weighted by atomic mass is 9.95. The van der Waals surface area contributed by atoms with Gasteiger partial charge in [0.05, 0.1) is 5.52 Å². The monoisotopic (exact) mass is 535 g/mol. The second-order valence-electron chi connectivity index (χ2n) is 12.2. The second-order valence-corrected chi connectivity index (χ2v) is 12.2. The number of aryl methyl sites for hydroxylation is 1. The van der Waals surface area contributed by atoms with E-state index in [1.54, 1.807) is 16.6 Å². The number of rotatable bonds is 4. The van der Waals surface area contributed by atoms with Crippen LogP contribution in [-0.4, -0.2) is 63.9 Å². The maximum Gasteiger partial charge on any atom is 0.245 e. The molecule has 2 fully saturated rings. The smallest absolute Gasteiger partial charge is 0.245 e. The largest absolute Gasteiger partial charge is 0.357 e. The summed E-state index contributed by atoms with van der Waals surface area (Å²) < 4.78 is 1.70. The van der Waals surface area contributed by atoms with Gasteiger partial charge in [-0.2, -0.15) is 5.10 Å². The Kier molecular flexibility index (Phi) is 7.53. The second kappa shape index (κ2) is 10.7. The number of hydrogen-bond donors (Lipinski definition) is 2. The molecule has 3 aliphatic rings. The first-order chi connectivity index (χ1) is 18.6. The van der Waals surface area contributed by atoms with E-state index in [2.05, 4.69) is 41.7 Å². The van der Waals surface area contributed by atoms with E-state index < -0.39 is 6.04 Å². The summed E-state index contributed by atoms with van der Waals surface area (Å²) in [6, 6.07) is 3.61. The number of nitrogens with one attached hydrogen (secondary N) is 2. The number of amides is 3. The molecule has 2 bridgehead atoms. The third-order valence-corrected chi connectivity index (χ3v) is 8.74. The lowest BCUT2D eigenvalue weighted by Crippen LogP contribution is -2.48. The molecule has 1 saturated carbocycles. The van der Waals surface area contributed by atoms with Crippen LogP contribution in [0.25, 0.3) is 10.9 Å². The van der Waals surface area contributed by atoms with Crippen LogP contribution in [0.2, 0.25) is 0 Å². The van der Waals surface area contributed by atoms with Gasteiger partial charge in [-0.15, -0.1) is 0 Å². The van der Waals surface area contributed by atoms with E-state index in [1.807, 2.05) is 0 Å². The number of likely N-dealkylation sites (N-methyl/N-ethyl adjacent to an activating group) is 1. The summed E-state index contributed by atoms with van der Waals surface area (Å²) in [6.07, 6.45) is 7.26. The molecule has 1 aromatic heterocycles. The van der Waals surface area contributed by atoms with Crippen LogP contribution < -0.4 is 10.6 Å². The molecule has 1 saturated heterocycles. The van der Waals surface area contributed by atoms with Crippen LogP contribution in [-0.2, 0) is 33.8 Å². The summed E-state index contributed by atoms with van der Waals surface area (Å²) in [5.74, 6) is 0.0108. The normalized spacial score (nSPS) is 25.8. The summed E-state index contributed by atoms with van der Waals surface area (Å²) in [5.41, 5.74) is 3.25. The molecular weight excluding hydrogens is 494 g/mol. The van der Waals surface area contributed by atoms with Gasteiger partial charge in [-0.1, -0.05) is 32.8 Å². The molecule has 1 aliphatic carbocycles. The van der Waals surface area contributed by atoms with Crippen molar-refractivity contribution in [1.82, 2.24) is 25.3 Å². The molecule has 2 N–H and O–H groups in total. The maximum absolute atomic E-state index is 13.9. The molecule has 9 heteroatoms. The predicted octanol–water partition coefficient (Wildman–Crippen LogP) is 3.17. The molecule has 2 aliphatic heterocycles. The van der Waals surface area contributed by atoms with Gasteiger partial charge in [0.25, 0.3) is 0 Å². The number of benzene rings is 1. The molecule has 210 valence electrons. The van der Waals surface area contributed by atoms with Gasteiger partial charge in [0, 0.05) is 43.8 Å². The number of aromatic nitrogens is 2. The van der Waals surface area contributed by atoms with Crippen molar-refractivity contribution < 1.29 is 19.2 Å². The van der Waals surface area contributed by atoms with Crippen LogP contribution in [0.1, 0.15) is 87.3 Å². The highest BCUT2D eigenvalue weighted by atomic mass is 16.2. The topological polar surface area (TPSA) is 113 Å². The summed E-state index contributed by atoms with van der Waals surface area (Å²) in [5, 5.41) is 11.3. The van der Waals surface area contributed by atoms with Crippen LogP contribution in [0, 0.1) is 11.3 Å². The van der Waals surface area contributed by atoms with E-state index in [-0.39, 0.29) is 41.5 Å². The Morgan fingerprint density at radius 3 is 2.56 bits per heavy atom. The summed E-state index contributed by atoms with van der Waals surface area (Å²) in [4.78, 5) is 53.7. The lowest BCUT2D eigenvalue weighted by Gasteiger charge is -2.26. The van der Waals surface area contributed by atoms with Crippen LogP contribution in [0.3, 0.4) is 0 Å². The third kappa shape index (κ3) is 5.32. The zero-order valence-electron chi connectivity index (χ0n) is 23.6. The van der Waals surface area contributed by atoms with Crippen molar-refractivity contribution in [2.24, 2.45) is 11.3 Å². The number of piperidine rings is 1. The Balaban J connectivity index is 1.57. The highest BCUT2D eigenvalue weighted by Gasteiger charge is 2.67. The van der Waals surface area contributed by atoms with Crippen molar-refractivity contribution in [2.75, 3.05) is 13.6 Å². The molecule has 1 aromatic carbocycles. The van der Waals surface area contributed by atoms with Gasteiger partial charge in [0.15, 0.2) is 5.78 Å². The fourth-order valence-electron chi connectivity index (χ4n) is 6.79. The molecule has 3 heterocycles. The first kappa shape index (κ1) is 27.3. The van der Waals surface area contributed by atoms with Crippen molar-refractivity contribution in [3.8, 4) is 0 Å². The van der Waals surface area contributed by atoms with E-state index >= 15 is 0 Å². The van der Waals surface area contributed by atoms with Gasteiger partial charge in [-0.05, 0) is 61.6 Å². The van der Waals surface area contributed by atoms with Crippen LogP contribution >= 0.6 is 0 Å². The first-order valence-corrected chi connectivity index (χ1v) is 14.5. The Hall–Kier alpha value is -3.23. The highest BCUT2D eigenvalue weighted by Crippen LogP contribution is 2.59. The molecular formula is C30H41N5O4. The standard InChI is InChI=1S/C30H41N5O4/c1-18(2)11-20-12-21-9-7-5-6-8-10-25(37)32-17-30-14-23(29(39)31-4)35(24(30)15-30)26(38)16-34-28(21)22(13-20)27(33-34)19(3)36/h12-13,18,23-24H,5-11,14-17H2,1-4H3,(H,31,39)(H,32,37)/t23-,24+,30-/m0/s1. The summed E-state index contributed by atoms with van der Waals surface area (Å²) >= 11 is 0. The first-order valence-electron chi connectivity index (χ1n) is 14.5. The van der Waals surface area contributed by atoms with Gasteiger partial charge < -0.3 is 15.5 Å². The number of ketones is 1. The van der Waals surface area contributed by atoms with Crippen LogP contribution in [0.15, 0.2) is 12.1 Å². The molecule has 9 nitrogen and oxygen atoms in total. The molecule has 5 rings (SSSR count). The Labute approximate surface area is 230 Å². The number of hydrogen-bond acceptors (Lipinski definition) is 5. The van der Waals surface area contributed by atoms with Gasteiger partial charge in [-0.3, -0.25) is 23.9 Å². The molecule has 0 radical (unpaired) electrons. The molecule has 3 amide bonds. The highest BCUT2D eigenvalue weighted by molar-refractivity contribution is 6.06. The third-order valence-electron chi connectivity index (χ3n) is 8.74. The van der Waals surface area contributed by atoms with E-state index in [9.17, 15) is 19.2 Å². The van der Waals surface area contributed by atoms with Gasteiger partial charge in [0.1, 0.15) is 18.3 Å². The zero-order valence-corrected chi connectivity index (χ0v) is 23.6. The maximum atomic E-state index is 13.9. The molecule has 2 aromatic rings. The number of carbonyl (C=O) groups is 4. The van der Waals surface area contributed by atoms with Crippen molar-refractivity contribution in [1.29, 1.82) is 0 Å². The van der Waals surface area contributed by atoms with E-state index in [0.717, 1.165) is 61.4 Å². The zero-order chi connectivity index (χ0) is 27.9. The Morgan fingerprint density at radius 2 is 1.87 bits per heavy atom. The van der Waals surface area contributed by atoms with E-state index in [0.29, 0.717) is 31.0 Å². The van der Waals surface area contributed by atoms with Crippen molar-refractivity contribution in [2.45, 2.75) is 97.2 Å². The average Bonchev–Trinajstić information content (AvgIpc) is 3.30. The molecule has 3 atom stereocenters. The van der Waals surface area contributed by atoms with E-state index in [4.69, 9.17) is 0 Å². The van der Waals surface area contributed by atoms with Crippen molar-refractivity contribution in [3.63, 3.8) is 0 Å². The predicted molar refractivity (Wildman–Crippen MR) is 148 cm³/mol. The molecule has 39 heavy (non-hydrogen) atoms. The fraction of sp³-hybridized carbons (Fsp3) is 0.633. The van der Waals surface area contributed by atoms with Crippen LogP contribution in [0.4, 0.5) is 0 Å². The SMILES string of the molecule is CNC(=O)[C@@H]1C[C@]23CNC(=O)CCCCCCc4cc(CC(C)C)cc5c(C(C)=O)nn(c45)CC(=O)N1[C@@H]2C3. The quantitative estimate of drug-likeness (QED) is 0.584. The van der Waals surface area contributed by atoms with E-state index in [1.165, 1.54) is 12.5 Å². The van der Waals surface area contributed by atoms with Crippen molar-refractivity contribution in [3.05, 3.63) is 29.0 Å². The number of Topliss-reactive ketones (excluding diaryl/α,β-unsaturated/α-hetero) is 1. The van der Waals surface area contributed by atoms with Crippen molar-refractivity contribution >= 4 is 34.4 Å². The minimum absolute atomic E-state index is 0.0350. The van der Waals surface area contributed by atoms with Gasteiger partial charge >= 0.3 is 0 Å². The Bertz CT molecular complexity index is 1310. The van der Waals surface area contributed by atoms with Gasteiger partial charge in [-0.25, -0.2) is 0 Å². The number of carbonyl (C=O) groups excluding carboxylic acids is 4. The molecule has 0 unspecified atom stereocenters. The number of nitrogens with zero attached hydrogens (tertiary/aromatic N) is 3. The lowest BCUT2D eigenvalue weighted by molar-refractivity contribution is -0.140.